The number of hydrogen-bond acceptors (Lipinski definition) is 1. The third-order valence-electron chi connectivity index (χ3n) is 5.73. The fraction of sp³-hybridized carbons (Fsp3) is 0.259. The minimum absolute atomic E-state index is 0.0477. The first-order chi connectivity index (χ1) is 14.3. The Kier molecular flexibility index (Phi) is 5.29. The molecule has 152 valence electrons. The van der Waals surface area contributed by atoms with Crippen LogP contribution in [0, 0.1) is 0 Å². The molecule has 3 aromatic rings. The van der Waals surface area contributed by atoms with E-state index in [2.05, 4.69) is 74.0 Å². The molecule has 3 heteroatoms. The Hall–Kier alpha value is -3.20. The molecular formula is C27H28NO2+. The second-order valence-electron chi connectivity index (χ2n) is 8.96. The maximum Gasteiger partial charge on any atom is 0.335 e. The Morgan fingerprint density at radius 3 is 2.10 bits per heavy atom. The van der Waals surface area contributed by atoms with E-state index in [4.69, 9.17) is 5.11 Å². The summed E-state index contributed by atoms with van der Waals surface area (Å²) in [5.41, 5.74) is 7.48. The topological polar surface area (TPSA) is 40.3 Å². The van der Waals surface area contributed by atoms with Crippen LogP contribution in [0.2, 0.25) is 0 Å². The van der Waals surface area contributed by atoms with Crippen molar-refractivity contribution in [3.8, 4) is 22.3 Å². The molecule has 0 radical (unpaired) electrons. The largest absolute Gasteiger partial charge is 0.478 e. The lowest BCUT2D eigenvalue weighted by Gasteiger charge is -2.21. The lowest BCUT2D eigenvalue weighted by Crippen LogP contribution is -2.16. The Balaban J connectivity index is 1.74. The van der Waals surface area contributed by atoms with E-state index in [-0.39, 0.29) is 5.41 Å². The van der Waals surface area contributed by atoms with Crippen molar-refractivity contribution in [1.82, 2.24) is 0 Å². The van der Waals surface area contributed by atoms with Gasteiger partial charge in [0.25, 0.3) is 0 Å². The van der Waals surface area contributed by atoms with Crippen LogP contribution in [0.3, 0.4) is 0 Å². The highest BCUT2D eigenvalue weighted by atomic mass is 16.4. The van der Waals surface area contributed by atoms with E-state index in [0.29, 0.717) is 5.56 Å². The number of rotatable bonds is 4. The first-order valence-corrected chi connectivity index (χ1v) is 10.5. The number of carboxylic acid groups (broad SMARTS) is 1. The van der Waals surface area contributed by atoms with Crippen LogP contribution in [0.15, 0.2) is 66.7 Å². The summed E-state index contributed by atoms with van der Waals surface area (Å²) < 4.78 is 2.39. The van der Waals surface area contributed by atoms with E-state index in [1.165, 1.54) is 23.2 Å². The third kappa shape index (κ3) is 4.06. The molecule has 0 spiro atoms. The summed E-state index contributed by atoms with van der Waals surface area (Å²) >= 11 is 0. The molecule has 1 N–H and O–H groups in total. The van der Waals surface area contributed by atoms with Crippen LogP contribution in [-0.2, 0) is 5.41 Å². The summed E-state index contributed by atoms with van der Waals surface area (Å²) in [5.74, 6) is -0.902. The molecule has 0 aliphatic carbocycles. The summed E-state index contributed by atoms with van der Waals surface area (Å²) in [4.78, 5) is 11.1. The second-order valence-corrected chi connectivity index (χ2v) is 8.96. The van der Waals surface area contributed by atoms with Crippen LogP contribution in [-0.4, -0.2) is 28.4 Å². The normalized spacial score (nSPS) is 13.9. The second kappa shape index (κ2) is 7.91. The van der Waals surface area contributed by atoms with Crippen molar-refractivity contribution < 1.29 is 14.5 Å². The SMILES string of the molecule is CC(C)(C)c1cc(-c2cccc(-c3ccc(C(=O)O)cc3)c2)ccc1[N+]1=CCCC1. The molecule has 3 nitrogen and oxygen atoms in total. The Morgan fingerprint density at radius 1 is 0.867 bits per heavy atom. The van der Waals surface area contributed by atoms with Crippen molar-refractivity contribution in [2.75, 3.05) is 6.54 Å². The van der Waals surface area contributed by atoms with Crippen LogP contribution < -0.4 is 0 Å². The standard InChI is InChI=1S/C27H27NO2/c1-27(2,3)24-18-23(13-14-25(24)28-15-4-5-16-28)22-8-6-7-21(17-22)19-9-11-20(12-10-19)26(29)30/h6-15,17-18H,4-5,16H2,1-3H3/p+1. The minimum atomic E-state index is -0.902. The van der Waals surface area contributed by atoms with Gasteiger partial charge in [-0.15, -0.1) is 0 Å². The molecule has 0 amide bonds. The van der Waals surface area contributed by atoms with Crippen LogP contribution >= 0.6 is 0 Å². The van der Waals surface area contributed by atoms with Crippen LogP contribution in [0.25, 0.3) is 22.3 Å². The highest BCUT2D eigenvalue weighted by molar-refractivity contribution is 5.88. The third-order valence-corrected chi connectivity index (χ3v) is 5.73. The van der Waals surface area contributed by atoms with Crippen molar-refractivity contribution >= 4 is 17.9 Å². The van der Waals surface area contributed by atoms with Crippen LogP contribution in [0.5, 0.6) is 0 Å². The van der Waals surface area contributed by atoms with Crippen LogP contribution in [0.4, 0.5) is 5.69 Å². The molecule has 0 saturated heterocycles. The molecule has 1 aliphatic heterocycles. The summed E-state index contributed by atoms with van der Waals surface area (Å²) in [6.45, 7) is 7.90. The predicted molar refractivity (Wildman–Crippen MR) is 123 cm³/mol. The van der Waals surface area contributed by atoms with Gasteiger partial charge >= 0.3 is 5.97 Å². The van der Waals surface area contributed by atoms with E-state index in [9.17, 15) is 4.79 Å². The van der Waals surface area contributed by atoms with E-state index < -0.39 is 5.97 Å². The average Bonchev–Trinajstić information content (AvgIpc) is 3.28. The van der Waals surface area contributed by atoms with Gasteiger partial charge in [0.05, 0.1) is 5.56 Å². The van der Waals surface area contributed by atoms with Crippen molar-refractivity contribution in [2.45, 2.75) is 39.0 Å². The Bertz CT molecular complexity index is 1120. The zero-order valence-corrected chi connectivity index (χ0v) is 17.9. The maximum absolute atomic E-state index is 11.1. The summed E-state index contributed by atoms with van der Waals surface area (Å²) in [7, 11) is 0. The van der Waals surface area contributed by atoms with Crippen molar-refractivity contribution in [1.29, 1.82) is 0 Å². The molecular weight excluding hydrogens is 370 g/mol. The van der Waals surface area contributed by atoms with Gasteiger partial charge in [0.15, 0.2) is 0 Å². The van der Waals surface area contributed by atoms with Gasteiger partial charge in [-0.1, -0.05) is 51.1 Å². The molecule has 4 rings (SSSR count). The van der Waals surface area contributed by atoms with Gasteiger partial charge in [0.1, 0.15) is 12.8 Å². The van der Waals surface area contributed by atoms with Crippen molar-refractivity contribution in [2.24, 2.45) is 0 Å². The van der Waals surface area contributed by atoms with E-state index in [1.807, 2.05) is 12.1 Å². The van der Waals surface area contributed by atoms with E-state index >= 15 is 0 Å². The highest BCUT2D eigenvalue weighted by Gasteiger charge is 2.26. The molecule has 1 aliphatic rings. The number of carbonyl (C=O) groups is 1. The summed E-state index contributed by atoms with van der Waals surface area (Å²) in [6.07, 6.45) is 4.67. The fourth-order valence-electron chi connectivity index (χ4n) is 4.07. The zero-order valence-electron chi connectivity index (χ0n) is 17.9. The molecule has 0 saturated carbocycles. The Morgan fingerprint density at radius 2 is 1.50 bits per heavy atom. The molecule has 30 heavy (non-hydrogen) atoms. The Labute approximate surface area is 178 Å². The first-order valence-electron chi connectivity index (χ1n) is 10.5. The molecule has 0 atom stereocenters. The minimum Gasteiger partial charge on any atom is -0.478 e. The molecule has 1 heterocycles. The lowest BCUT2D eigenvalue weighted by molar-refractivity contribution is -0.427. The van der Waals surface area contributed by atoms with E-state index in [0.717, 1.165) is 29.7 Å². The van der Waals surface area contributed by atoms with Crippen LogP contribution in [0.1, 0.15) is 49.5 Å². The monoisotopic (exact) mass is 398 g/mol. The summed E-state index contributed by atoms with van der Waals surface area (Å²) in [6, 6.07) is 22.3. The van der Waals surface area contributed by atoms with Crippen molar-refractivity contribution in [3.05, 3.63) is 77.9 Å². The summed E-state index contributed by atoms with van der Waals surface area (Å²) in [5, 5.41) is 9.13. The number of aromatic carboxylic acids is 1. The average molecular weight is 399 g/mol. The molecule has 0 bridgehead atoms. The highest BCUT2D eigenvalue weighted by Crippen LogP contribution is 2.36. The van der Waals surface area contributed by atoms with Gasteiger partial charge in [-0.2, -0.15) is 0 Å². The zero-order chi connectivity index (χ0) is 21.3. The van der Waals surface area contributed by atoms with Crippen molar-refractivity contribution in [3.63, 3.8) is 0 Å². The fourth-order valence-corrected chi connectivity index (χ4v) is 4.07. The van der Waals surface area contributed by atoms with Gasteiger partial charge in [-0.25, -0.2) is 9.37 Å². The van der Waals surface area contributed by atoms with Gasteiger partial charge < -0.3 is 5.11 Å². The molecule has 0 aromatic heterocycles. The number of carboxylic acids is 1. The predicted octanol–water partition coefficient (Wildman–Crippen LogP) is 6.52. The quantitative estimate of drug-likeness (QED) is 0.508. The molecule has 0 fully saturated rings. The number of nitrogens with zero attached hydrogens (tertiary/aromatic N) is 1. The van der Waals surface area contributed by atoms with Gasteiger partial charge in [0.2, 0.25) is 5.69 Å². The van der Waals surface area contributed by atoms with Gasteiger partial charge in [-0.3, -0.25) is 0 Å². The van der Waals surface area contributed by atoms with Gasteiger partial charge in [-0.05, 0) is 58.0 Å². The number of hydrogen-bond donors (Lipinski definition) is 1. The smallest absolute Gasteiger partial charge is 0.335 e. The van der Waals surface area contributed by atoms with Gasteiger partial charge in [0, 0.05) is 24.5 Å². The number of benzene rings is 3. The molecule has 0 unspecified atom stereocenters. The van der Waals surface area contributed by atoms with E-state index in [1.54, 1.807) is 12.1 Å². The lowest BCUT2D eigenvalue weighted by atomic mass is 9.83. The molecule has 3 aromatic carbocycles. The maximum atomic E-state index is 11.1. The first kappa shape index (κ1) is 20.1.